The van der Waals surface area contributed by atoms with Crippen molar-refractivity contribution >= 4 is 12.4 Å². The molecule has 0 unspecified atom stereocenters. The number of ether oxygens (including phenoxy) is 1. The lowest BCUT2D eigenvalue weighted by atomic mass is 10.0. The Morgan fingerprint density at radius 3 is 3.06 bits per heavy atom. The number of fused-ring (bicyclic) bond motifs is 1. The monoisotopic (exact) mass is 252 g/mol. The number of halogens is 1. The van der Waals surface area contributed by atoms with E-state index in [1.54, 1.807) is 12.5 Å². The fourth-order valence-corrected chi connectivity index (χ4v) is 1.91. The lowest BCUT2D eigenvalue weighted by Gasteiger charge is -2.10. The van der Waals surface area contributed by atoms with Crippen LogP contribution in [0.4, 0.5) is 0 Å². The van der Waals surface area contributed by atoms with E-state index in [2.05, 4.69) is 16.5 Å². The highest BCUT2D eigenvalue weighted by atomic mass is 35.5. The summed E-state index contributed by atoms with van der Waals surface area (Å²) in [7, 11) is 0. The first-order valence-electron chi connectivity index (χ1n) is 5.30. The summed E-state index contributed by atoms with van der Waals surface area (Å²) in [6.45, 7) is 2.40. The summed E-state index contributed by atoms with van der Waals surface area (Å²) < 4.78 is 10.6. The predicted octanol–water partition coefficient (Wildman–Crippen LogP) is 2.25. The van der Waals surface area contributed by atoms with Crippen LogP contribution in [-0.4, -0.2) is 18.3 Å². The van der Waals surface area contributed by atoms with E-state index in [9.17, 15) is 0 Å². The standard InChI is InChI=1S/C12H12N2O2.ClH/c1-2-9-6-13-4-5-15-12(9)11(3-1)10-7-14-16-8-10;/h1-3,7-8,13H,4-6H2;1H. The van der Waals surface area contributed by atoms with Gasteiger partial charge in [0.15, 0.2) is 0 Å². The fraction of sp³-hybridized carbons (Fsp3) is 0.250. The molecule has 3 rings (SSSR count). The van der Waals surface area contributed by atoms with Crippen molar-refractivity contribution in [2.45, 2.75) is 6.54 Å². The molecule has 4 nitrogen and oxygen atoms in total. The molecule has 0 fully saturated rings. The molecule has 1 aromatic heterocycles. The molecule has 17 heavy (non-hydrogen) atoms. The number of rotatable bonds is 1. The average molecular weight is 253 g/mol. The Morgan fingerprint density at radius 2 is 2.24 bits per heavy atom. The van der Waals surface area contributed by atoms with Crippen molar-refractivity contribution in [2.75, 3.05) is 13.2 Å². The summed E-state index contributed by atoms with van der Waals surface area (Å²) in [5, 5.41) is 7.04. The van der Waals surface area contributed by atoms with Gasteiger partial charge in [0.05, 0.1) is 6.20 Å². The van der Waals surface area contributed by atoms with Crippen molar-refractivity contribution in [1.29, 1.82) is 0 Å². The van der Waals surface area contributed by atoms with Crippen molar-refractivity contribution < 1.29 is 9.26 Å². The summed E-state index contributed by atoms with van der Waals surface area (Å²) in [5.41, 5.74) is 3.18. The zero-order valence-corrected chi connectivity index (χ0v) is 10.00. The van der Waals surface area contributed by atoms with Crippen molar-refractivity contribution in [2.24, 2.45) is 0 Å². The zero-order valence-electron chi connectivity index (χ0n) is 9.18. The van der Waals surface area contributed by atoms with Crippen molar-refractivity contribution in [3.8, 4) is 16.9 Å². The number of nitrogens with zero attached hydrogens (tertiary/aromatic N) is 1. The summed E-state index contributed by atoms with van der Waals surface area (Å²) >= 11 is 0. The Labute approximate surface area is 105 Å². The molecule has 5 heteroatoms. The maximum Gasteiger partial charge on any atom is 0.131 e. The molecule has 2 aromatic rings. The summed E-state index contributed by atoms with van der Waals surface area (Å²) in [4.78, 5) is 0. The second-order valence-electron chi connectivity index (χ2n) is 3.73. The topological polar surface area (TPSA) is 47.3 Å². The van der Waals surface area contributed by atoms with Gasteiger partial charge in [-0.15, -0.1) is 12.4 Å². The molecule has 1 aliphatic rings. The van der Waals surface area contributed by atoms with Gasteiger partial charge in [0.2, 0.25) is 0 Å². The minimum absolute atomic E-state index is 0. The Balaban J connectivity index is 0.00000108. The molecule has 0 aliphatic carbocycles. The van der Waals surface area contributed by atoms with E-state index in [0.29, 0.717) is 6.61 Å². The largest absolute Gasteiger partial charge is 0.491 e. The minimum atomic E-state index is 0. The van der Waals surface area contributed by atoms with E-state index in [4.69, 9.17) is 9.26 Å². The highest BCUT2D eigenvalue weighted by Crippen LogP contribution is 2.33. The Bertz CT molecular complexity index is 485. The molecule has 0 amide bonds. The van der Waals surface area contributed by atoms with Crippen LogP contribution in [0, 0.1) is 0 Å². The van der Waals surface area contributed by atoms with Gasteiger partial charge in [-0.25, -0.2) is 0 Å². The summed E-state index contributed by atoms with van der Waals surface area (Å²) in [6, 6.07) is 6.12. The van der Waals surface area contributed by atoms with E-state index in [0.717, 1.165) is 30.0 Å². The molecule has 0 saturated heterocycles. The maximum atomic E-state index is 5.77. The lowest BCUT2D eigenvalue weighted by molar-refractivity contribution is 0.327. The summed E-state index contributed by atoms with van der Waals surface area (Å²) in [6.07, 6.45) is 3.34. The molecule has 0 saturated carbocycles. The van der Waals surface area contributed by atoms with Gasteiger partial charge in [0.25, 0.3) is 0 Å². The third kappa shape index (κ3) is 2.28. The van der Waals surface area contributed by atoms with E-state index < -0.39 is 0 Å². The highest BCUT2D eigenvalue weighted by Gasteiger charge is 2.14. The number of para-hydroxylation sites is 1. The van der Waals surface area contributed by atoms with Gasteiger partial charge in [0.1, 0.15) is 18.6 Å². The van der Waals surface area contributed by atoms with Crippen molar-refractivity contribution in [3.63, 3.8) is 0 Å². The van der Waals surface area contributed by atoms with Crippen LogP contribution in [0.15, 0.2) is 35.2 Å². The van der Waals surface area contributed by atoms with Crippen LogP contribution in [0.3, 0.4) is 0 Å². The predicted molar refractivity (Wildman–Crippen MR) is 66.4 cm³/mol. The quantitative estimate of drug-likeness (QED) is 0.846. The maximum absolute atomic E-state index is 5.77. The third-order valence-electron chi connectivity index (χ3n) is 2.68. The SMILES string of the molecule is Cl.c1cc2c(c(-c3cnoc3)c1)OCCNC2. The van der Waals surface area contributed by atoms with Crippen LogP contribution < -0.4 is 10.1 Å². The fourth-order valence-electron chi connectivity index (χ4n) is 1.91. The highest BCUT2D eigenvalue weighted by molar-refractivity contribution is 5.85. The third-order valence-corrected chi connectivity index (χ3v) is 2.68. The van der Waals surface area contributed by atoms with Crippen molar-refractivity contribution in [3.05, 3.63) is 36.2 Å². The van der Waals surface area contributed by atoms with Gasteiger partial charge >= 0.3 is 0 Å². The Hall–Kier alpha value is -1.52. The minimum Gasteiger partial charge on any atom is -0.491 e. The van der Waals surface area contributed by atoms with Gasteiger partial charge in [0, 0.05) is 29.8 Å². The number of hydrogen-bond donors (Lipinski definition) is 1. The first-order chi connectivity index (χ1) is 7.95. The van der Waals surface area contributed by atoms with Gasteiger partial charge in [-0.05, 0) is 0 Å². The molecule has 0 atom stereocenters. The van der Waals surface area contributed by atoms with E-state index in [1.165, 1.54) is 5.56 Å². The van der Waals surface area contributed by atoms with Gasteiger partial charge in [-0.2, -0.15) is 0 Å². The van der Waals surface area contributed by atoms with Gasteiger partial charge < -0.3 is 14.6 Å². The number of benzene rings is 1. The molecule has 1 N–H and O–H groups in total. The molecule has 1 aliphatic heterocycles. The first-order valence-corrected chi connectivity index (χ1v) is 5.30. The van der Waals surface area contributed by atoms with Crippen LogP contribution in [0.2, 0.25) is 0 Å². The molecular formula is C12H13ClN2O2. The van der Waals surface area contributed by atoms with E-state index in [-0.39, 0.29) is 12.4 Å². The van der Waals surface area contributed by atoms with Crippen LogP contribution in [0.25, 0.3) is 11.1 Å². The normalized spacial score (nSPS) is 14.1. The second kappa shape index (κ2) is 5.21. The molecule has 1 aromatic carbocycles. The molecule has 90 valence electrons. The Kier molecular flexibility index (Phi) is 3.66. The number of hydrogen-bond acceptors (Lipinski definition) is 4. The second-order valence-corrected chi connectivity index (χ2v) is 3.73. The molecule has 2 heterocycles. The molecule has 0 bridgehead atoms. The van der Waals surface area contributed by atoms with Crippen LogP contribution in [0.1, 0.15) is 5.56 Å². The van der Waals surface area contributed by atoms with Gasteiger partial charge in [-0.1, -0.05) is 23.4 Å². The molecular weight excluding hydrogens is 240 g/mol. The van der Waals surface area contributed by atoms with Crippen LogP contribution in [0.5, 0.6) is 5.75 Å². The first kappa shape index (κ1) is 12.0. The van der Waals surface area contributed by atoms with E-state index >= 15 is 0 Å². The Morgan fingerprint density at radius 1 is 1.29 bits per heavy atom. The lowest BCUT2D eigenvalue weighted by Crippen LogP contribution is -2.16. The zero-order chi connectivity index (χ0) is 10.8. The smallest absolute Gasteiger partial charge is 0.131 e. The summed E-state index contributed by atoms with van der Waals surface area (Å²) in [5.74, 6) is 0.940. The molecule has 0 radical (unpaired) electrons. The van der Waals surface area contributed by atoms with Crippen molar-refractivity contribution in [1.82, 2.24) is 10.5 Å². The number of aromatic nitrogens is 1. The van der Waals surface area contributed by atoms with Crippen LogP contribution in [-0.2, 0) is 6.54 Å². The number of nitrogens with one attached hydrogen (secondary N) is 1. The van der Waals surface area contributed by atoms with E-state index in [1.807, 2.05) is 12.1 Å². The van der Waals surface area contributed by atoms with Crippen LogP contribution >= 0.6 is 12.4 Å². The molecule has 0 spiro atoms. The average Bonchev–Trinajstić information content (AvgIpc) is 2.73. The van der Waals surface area contributed by atoms with Gasteiger partial charge in [-0.3, -0.25) is 0 Å².